The van der Waals surface area contributed by atoms with Crippen molar-refractivity contribution in [2.24, 2.45) is 5.92 Å². The van der Waals surface area contributed by atoms with E-state index in [1.54, 1.807) is 7.11 Å². The smallest absolute Gasteiger partial charge is 0.295 e. The molecule has 35 heavy (non-hydrogen) atoms. The predicted molar refractivity (Wildman–Crippen MR) is 138 cm³/mol. The molecule has 0 aliphatic carbocycles. The number of aliphatic hydroxyl groups is 1. The number of aliphatic hydroxyl groups excluding tert-OH is 1. The molecule has 1 amide bonds. The molecule has 3 rings (SSSR count). The molecule has 0 aromatic heterocycles. The Balaban J connectivity index is 2.18. The number of carbonyl (C=O) groups excluding carboxylic acids is 2. The molecule has 0 radical (unpaired) electrons. The summed E-state index contributed by atoms with van der Waals surface area (Å²) in [6.07, 6.45) is 0. The summed E-state index contributed by atoms with van der Waals surface area (Å²) < 4.78 is 11.1. The van der Waals surface area contributed by atoms with Crippen molar-refractivity contribution in [3.63, 3.8) is 0 Å². The molecule has 0 spiro atoms. The monoisotopic (exact) mass is 479 g/mol. The average Bonchev–Trinajstić information content (AvgIpc) is 3.05. The van der Waals surface area contributed by atoms with Crippen molar-refractivity contribution < 1.29 is 24.2 Å². The number of hydrogen-bond acceptors (Lipinski definition) is 5. The molecule has 1 atom stereocenters. The zero-order chi connectivity index (χ0) is 25.9. The summed E-state index contributed by atoms with van der Waals surface area (Å²) in [7, 11) is 1.55. The summed E-state index contributed by atoms with van der Waals surface area (Å²) in [4.78, 5) is 27.9. The molecule has 1 saturated heterocycles. The molecule has 2 aromatic rings. The fourth-order valence-corrected chi connectivity index (χ4v) is 4.17. The van der Waals surface area contributed by atoms with E-state index >= 15 is 0 Å². The van der Waals surface area contributed by atoms with E-state index in [-0.39, 0.29) is 29.9 Å². The highest BCUT2D eigenvalue weighted by molar-refractivity contribution is 6.46. The molecular weight excluding hydrogens is 442 g/mol. The molecule has 0 saturated carbocycles. The lowest BCUT2D eigenvalue weighted by Crippen LogP contribution is -2.32. The van der Waals surface area contributed by atoms with Crippen LogP contribution in [0.4, 0.5) is 0 Å². The maximum absolute atomic E-state index is 13.3. The Hall–Kier alpha value is -3.12. The van der Waals surface area contributed by atoms with Gasteiger partial charge in [0.05, 0.1) is 24.8 Å². The highest BCUT2D eigenvalue weighted by atomic mass is 16.5. The van der Waals surface area contributed by atoms with Crippen molar-refractivity contribution >= 4 is 17.4 Å². The summed E-state index contributed by atoms with van der Waals surface area (Å²) in [6, 6.07) is 12.5. The molecule has 188 valence electrons. The van der Waals surface area contributed by atoms with Crippen LogP contribution in [0, 0.1) is 12.8 Å². The van der Waals surface area contributed by atoms with E-state index in [2.05, 4.69) is 34.6 Å². The lowest BCUT2D eigenvalue weighted by Gasteiger charge is -2.26. The van der Waals surface area contributed by atoms with E-state index in [4.69, 9.17) is 9.47 Å². The lowest BCUT2D eigenvalue weighted by molar-refractivity contribution is -0.140. The van der Waals surface area contributed by atoms with E-state index in [1.165, 1.54) is 4.90 Å². The van der Waals surface area contributed by atoms with Gasteiger partial charge in [-0.3, -0.25) is 9.59 Å². The predicted octanol–water partition coefficient (Wildman–Crippen LogP) is 5.40. The Kier molecular flexibility index (Phi) is 8.06. The van der Waals surface area contributed by atoms with Crippen molar-refractivity contribution in [2.75, 3.05) is 26.9 Å². The summed E-state index contributed by atoms with van der Waals surface area (Å²) in [6.45, 7) is 13.3. The van der Waals surface area contributed by atoms with Crippen LogP contribution in [0.2, 0.25) is 0 Å². The Morgan fingerprint density at radius 2 is 1.83 bits per heavy atom. The van der Waals surface area contributed by atoms with Crippen LogP contribution in [0.1, 0.15) is 62.9 Å². The van der Waals surface area contributed by atoms with Crippen LogP contribution in [0.3, 0.4) is 0 Å². The first-order valence-electron chi connectivity index (χ1n) is 12.1. The maximum Gasteiger partial charge on any atom is 0.295 e. The third-order valence-electron chi connectivity index (χ3n) is 6.19. The van der Waals surface area contributed by atoms with Gasteiger partial charge in [0.1, 0.15) is 11.5 Å². The number of Topliss-reactive ketones (excluding diaryl/α,β-unsaturated/α-hetero) is 1. The van der Waals surface area contributed by atoms with Crippen molar-refractivity contribution in [2.45, 2.75) is 53.0 Å². The van der Waals surface area contributed by atoms with Gasteiger partial charge in [-0.1, -0.05) is 58.9 Å². The minimum atomic E-state index is -0.745. The number of rotatable bonds is 8. The first-order chi connectivity index (χ1) is 16.5. The van der Waals surface area contributed by atoms with E-state index in [1.807, 2.05) is 49.4 Å². The Morgan fingerprint density at radius 1 is 1.11 bits per heavy atom. The van der Waals surface area contributed by atoms with Gasteiger partial charge in [0, 0.05) is 19.2 Å². The van der Waals surface area contributed by atoms with Crippen molar-refractivity contribution in [3.8, 4) is 5.75 Å². The van der Waals surface area contributed by atoms with Crippen molar-refractivity contribution in [1.29, 1.82) is 0 Å². The number of ether oxygens (including phenoxy) is 2. The number of ketones is 1. The number of methoxy groups -OCH3 is 1. The molecule has 1 aliphatic rings. The highest BCUT2D eigenvalue weighted by Gasteiger charge is 2.46. The largest absolute Gasteiger partial charge is 0.507 e. The van der Waals surface area contributed by atoms with Crippen molar-refractivity contribution in [3.05, 3.63) is 70.3 Å². The second-order valence-electron chi connectivity index (χ2n) is 10.5. The number of likely N-dealkylation sites (tertiary alicyclic amines) is 1. The van der Waals surface area contributed by atoms with Gasteiger partial charge in [0.15, 0.2) is 0 Å². The quantitative estimate of drug-likeness (QED) is 0.312. The van der Waals surface area contributed by atoms with E-state index < -0.39 is 17.7 Å². The average molecular weight is 480 g/mol. The fourth-order valence-electron chi connectivity index (χ4n) is 4.17. The van der Waals surface area contributed by atoms with Gasteiger partial charge in [-0.05, 0) is 53.1 Å². The molecule has 0 bridgehead atoms. The third-order valence-corrected chi connectivity index (χ3v) is 6.19. The summed E-state index contributed by atoms with van der Waals surface area (Å²) in [5.74, 6) is -0.502. The molecule has 1 unspecified atom stereocenters. The first-order valence-corrected chi connectivity index (χ1v) is 12.1. The van der Waals surface area contributed by atoms with Gasteiger partial charge in [-0.25, -0.2) is 0 Å². The zero-order valence-corrected chi connectivity index (χ0v) is 21.8. The molecule has 6 heteroatoms. The molecule has 1 N–H and O–H groups in total. The van der Waals surface area contributed by atoms with E-state index in [0.29, 0.717) is 29.4 Å². The van der Waals surface area contributed by atoms with Crippen LogP contribution in [0.15, 0.2) is 48.0 Å². The number of amides is 1. The second kappa shape index (κ2) is 10.6. The van der Waals surface area contributed by atoms with Crippen LogP contribution < -0.4 is 4.74 Å². The molecular formula is C29H37NO5. The number of carbonyl (C=O) groups is 2. The number of nitrogens with zero attached hydrogens (tertiary/aromatic N) is 1. The normalized spacial score (nSPS) is 17.9. The second-order valence-corrected chi connectivity index (χ2v) is 10.5. The highest BCUT2D eigenvalue weighted by Crippen LogP contribution is 2.41. The van der Waals surface area contributed by atoms with Crippen LogP contribution in [0.25, 0.3) is 5.76 Å². The molecule has 1 heterocycles. The van der Waals surface area contributed by atoms with E-state index in [9.17, 15) is 14.7 Å². The Labute approximate surface area is 208 Å². The van der Waals surface area contributed by atoms with Gasteiger partial charge < -0.3 is 19.5 Å². The zero-order valence-electron chi connectivity index (χ0n) is 21.8. The number of aryl methyl sites for hydroxylation is 1. The van der Waals surface area contributed by atoms with Crippen LogP contribution >= 0.6 is 0 Å². The molecule has 2 aromatic carbocycles. The first kappa shape index (κ1) is 26.5. The lowest BCUT2D eigenvalue weighted by atomic mass is 9.84. The maximum atomic E-state index is 13.3. The van der Waals surface area contributed by atoms with Gasteiger partial charge in [-0.2, -0.15) is 0 Å². The summed E-state index contributed by atoms with van der Waals surface area (Å²) in [5, 5.41) is 11.5. The third kappa shape index (κ3) is 5.76. The Morgan fingerprint density at radius 3 is 2.46 bits per heavy atom. The van der Waals surface area contributed by atoms with Gasteiger partial charge in [-0.15, -0.1) is 0 Å². The fraction of sp³-hybridized carbons (Fsp3) is 0.448. The SMILES string of the molecule is COCCN1C(=O)C(=O)/C(=C(/O)c2cc(C(C)(C)C)ccc2C)C1c1cccc(OCC(C)C)c1. The van der Waals surface area contributed by atoms with Crippen molar-refractivity contribution in [1.82, 2.24) is 4.90 Å². The van der Waals surface area contributed by atoms with Crippen LogP contribution in [-0.4, -0.2) is 48.6 Å². The molecule has 1 aliphatic heterocycles. The minimum absolute atomic E-state index is 0.0845. The van der Waals surface area contributed by atoms with Crippen LogP contribution in [0.5, 0.6) is 5.75 Å². The standard InChI is InChI=1S/C29H37NO5/c1-18(2)17-35-22-10-8-9-20(15-22)25-24(27(32)28(33)30(25)13-14-34-7)26(31)23-16-21(29(4,5)6)12-11-19(23)3/h8-12,15-16,18,25,31H,13-14,17H2,1-7H3/b26-24+. The summed E-state index contributed by atoms with van der Waals surface area (Å²) >= 11 is 0. The van der Waals surface area contributed by atoms with Gasteiger partial charge in [0.2, 0.25) is 0 Å². The molecule has 1 fully saturated rings. The topological polar surface area (TPSA) is 76.1 Å². The molecule has 6 nitrogen and oxygen atoms in total. The van der Waals surface area contributed by atoms with Gasteiger partial charge in [0.25, 0.3) is 11.7 Å². The Bertz CT molecular complexity index is 1130. The van der Waals surface area contributed by atoms with Crippen LogP contribution in [-0.2, 0) is 19.7 Å². The van der Waals surface area contributed by atoms with Gasteiger partial charge >= 0.3 is 0 Å². The number of benzene rings is 2. The summed E-state index contributed by atoms with van der Waals surface area (Å²) in [5.41, 5.74) is 3.05. The minimum Gasteiger partial charge on any atom is -0.507 e. The number of hydrogen-bond donors (Lipinski definition) is 1. The van der Waals surface area contributed by atoms with E-state index in [0.717, 1.165) is 11.1 Å².